The summed E-state index contributed by atoms with van der Waals surface area (Å²) in [7, 11) is 0. The molecule has 1 saturated heterocycles. The molecule has 1 fully saturated rings. The van der Waals surface area contributed by atoms with E-state index in [2.05, 4.69) is 10.6 Å². The third-order valence-corrected chi connectivity index (χ3v) is 3.49. The Morgan fingerprint density at radius 3 is 2.55 bits per heavy atom. The highest BCUT2D eigenvalue weighted by atomic mass is 16.5. The minimum atomic E-state index is -0.0269. The summed E-state index contributed by atoms with van der Waals surface area (Å²) >= 11 is 0. The molecule has 4 heteroatoms. The van der Waals surface area contributed by atoms with Crippen LogP contribution in [0, 0.1) is 0 Å². The molecule has 2 rings (SSSR count). The van der Waals surface area contributed by atoms with Gasteiger partial charge in [0.1, 0.15) is 5.75 Å². The first-order valence-corrected chi connectivity index (χ1v) is 7.36. The Bertz CT molecular complexity index is 436. The van der Waals surface area contributed by atoms with Crippen LogP contribution >= 0.6 is 0 Å². The Labute approximate surface area is 120 Å². The molecule has 1 unspecified atom stereocenters. The highest BCUT2D eigenvalue weighted by Crippen LogP contribution is 2.19. The molecule has 4 nitrogen and oxygen atoms in total. The van der Waals surface area contributed by atoms with Crippen molar-refractivity contribution in [1.29, 1.82) is 0 Å². The van der Waals surface area contributed by atoms with Crippen LogP contribution in [0.2, 0.25) is 0 Å². The Balaban J connectivity index is 1.91. The molecule has 1 aliphatic heterocycles. The standard InChI is InChI=1S/C16H24N2O2/c1-11(2)20-14-8-6-13(7-9-14)12(3)18-16(19)15-5-4-10-17-15/h6-9,11-12,15,17H,4-5,10H2,1-3H3,(H,18,19)/t12?,15-/m0/s1. The van der Waals surface area contributed by atoms with E-state index in [1.54, 1.807) is 0 Å². The molecule has 0 saturated carbocycles. The Hall–Kier alpha value is -1.55. The SMILES string of the molecule is CC(C)Oc1ccc(C(C)NC(=O)[C@@H]2CCCN2)cc1. The van der Waals surface area contributed by atoms with Crippen LogP contribution in [0.4, 0.5) is 0 Å². The fourth-order valence-electron chi connectivity index (χ4n) is 2.41. The molecular weight excluding hydrogens is 252 g/mol. The molecule has 1 amide bonds. The lowest BCUT2D eigenvalue weighted by Gasteiger charge is -2.18. The average molecular weight is 276 g/mol. The molecule has 110 valence electrons. The largest absolute Gasteiger partial charge is 0.491 e. The summed E-state index contributed by atoms with van der Waals surface area (Å²) in [6, 6.07) is 7.89. The van der Waals surface area contributed by atoms with E-state index in [0.717, 1.165) is 30.7 Å². The minimum absolute atomic E-state index is 0.0120. The zero-order chi connectivity index (χ0) is 14.5. The molecular formula is C16H24N2O2. The van der Waals surface area contributed by atoms with Gasteiger partial charge in [-0.1, -0.05) is 12.1 Å². The second-order valence-electron chi connectivity index (χ2n) is 5.61. The van der Waals surface area contributed by atoms with Crippen molar-refractivity contribution in [2.75, 3.05) is 6.54 Å². The van der Waals surface area contributed by atoms with E-state index >= 15 is 0 Å². The van der Waals surface area contributed by atoms with Gasteiger partial charge in [-0.2, -0.15) is 0 Å². The van der Waals surface area contributed by atoms with Gasteiger partial charge in [0.2, 0.25) is 5.91 Å². The number of benzene rings is 1. The quantitative estimate of drug-likeness (QED) is 0.868. The second-order valence-corrected chi connectivity index (χ2v) is 5.61. The van der Waals surface area contributed by atoms with Gasteiger partial charge in [0, 0.05) is 0 Å². The number of nitrogens with one attached hydrogen (secondary N) is 2. The van der Waals surface area contributed by atoms with Crippen LogP contribution in [0.25, 0.3) is 0 Å². The second kappa shape index (κ2) is 6.75. The Kier molecular flexibility index (Phi) is 5.01. The van der Waals surface area contributed by atoms with Crippen molar-refractivity contribution >= 4 is 5.91 Å². The van der Waals surface area contributed by atoms with E-state index in [9.17, 15) is 4.79 Å². The molecule has 20 heavy (non-hydrogen) atoms. The van der Waals surface area contributed by atoms with Crippen molar-refractivity contribution in [2.45, 2.75) is 51.8 Å². The molecule has 1 aromatic carbocycles. The van der Waals surface area contributed by atoms with Gasteiger partial charge in [0.05, 0.1) is 18.2 Å². The molecule has 0 radical (unpaired) electrons. The monoisotopic (exact) mass is 276 g/mol. The van der Waals surface area contributed by atoms with E-state index in [0.29, 0.717) is 0 Å². The van der Waals surface area contributed by atoms with Gasteiger partial charge in [0.15, 0.2) is 0 Å². The number of hydrogen-bond acceptors (Lipinski definition) is 3. The van der Waals surface area contributed by atoms with Crippen molar-refractivity contribution in [2.24, 2.45) is 0 Å². The van der Waals surface area contributed by atoms with Gasteiger partial charge >= 0.3 is 0 Å². The highest BCUT2D eigenvalue weighted by Gasteiger charge is 2.23. The minimum Gasteiger partial charge on any atom is -0.491 e. The van der Waals surface area contributed by atoms with Crippen LogP contribution in [0.15, 0.2) is 24.3 Å². The van der Waals surface area contributed by atoms with Gasteiger partial charge in [-0.3, -0.25) is 4.79 Å². The molecule has 1 aromatic rings. The van der Waals surface area contributed by atoms with Crippen LogP contribution in [0.5, 0.6) is 5.75 Å². The van der Waals surface area contributed by atoms with E-state index in [-0.39, 0.29) is 24.1 Å². The number of hydrogen-bond donors (Lipinski definition) is 2. The van der Waals surface area contributed by atoms with E-state index in [4.69, 9.17) is 4.74 Å². The number of rotatable bonds is 5. The maximum absolute atomic E-state index is 12.0. The smallest absolute Gasteiger partial charge is 0.237 e. The summed E-state index contributed by atoms with van der Waals surface area (Å²) in [5, 5.41) is 6.27. The highest BCUT2D eigenvalue weighted by molar-refractivity contribution is 5.82. The topological polar surface area (TPSA) is 50.4 Å². The summed E-state index contributed by atoms with van der Waals surface area (Å²) in [6.07, 6.45) is 2.18. The van der Waals surface area contributed by atoms with Crippen molar-refractivity contribution in [3.05, 3.63) is 29.8 Å². The normalized spacial score (nSPS) is 19.9. The first-order valence-electron chi connectivity index (χ1n) is 7.36. The number of carbonyl (C=O) groups excluding carboxylic acids is 1. The van der Waals surface area contributed by atoms with Gasteiger partial charge in [0.25, 0.3) is 0 Å². The lowest BCUT2D eigenvalue weighted by atomic mass is 10.1. The summed E-state index contributed by atoms with van der Waals surface area (Å²) in [6.45, 7) is 6.95. The van der Waals surface area contributed by atoms with Gasteiger partial charge in [-0.05, 0) is 57.9 Å². The van der Waals surface area contributed by atoms with Gasteiger partial charge < -0.3 is 15.4 Å². The predicted octanol–water partition coefficient (Wildman–Crippen LogP) is 2.40. The average Bonchev–Trinajstić information content (AvgIpc) is 2.92. The molecule has 0 bridgehead atoms. The Morgan fingerprint density at radius 1 is 1.30 bits per heavy atom. The Morgan fingerprint density at radius 2 is 2.00 bits per heavy atom. The van der Waals surface area contributed by atoms with Crippen LogP contribution in [0.3, 0.4) is 0 Å². The number of ether oxygens (including phenoxy) is 1. The zero-order valence-corrected chi connectivity index (χ0v) is 12.5. The van der Waals surface area contributed by atoms with Crippen LogP contribution in [0.1, 0.15) is 45.2 Å². The summed E-state index contributed by atoms with van der Waals surface area (Å²) < 4.78 is 5.61. The first kappa shape index (κ1) is 14.9. The van der Waals surface area contributed by atoms with Crippen molar-refractivity contribution in [3.8, 4) is 5.75 Å². The molecule has 1 heterocycles. The summed E-state index contributed by atoms with van der Waals surface area (Å²) in [4.78, 5) is 12.0. The molecule has 2 atom stereocenters. The van der Waals surface area contributed by atoms with Crippen molar-refractivity contribution < 1.29 is 9.53 Å². The summed E-state index contributed by atoms with van der Waals surface area (Å²) in [5.41, 5.74) is 1.09. The number of carbonyl (C=O) groups is 1. The van der Waals surface area contributed by atoms with Gasteiger partial charge in [-0.15, -0.1) is 0 Å². The summed E-state index contributed by atoms with van der Waals surface area (Å²) in [5.74, 6) is 0.956. The molecule has 0 aromatic heterocycles. The van der Waals surface area contributed by atoms with E-state index in [1.807, 2.05) is 45.0 Å². The van der Waals surface area contributed by atoms with E-state index < -0.39 is 0 Å². The fraction of sp³-hybridized carbons (Fsp3) is 0.562. The first-order chi connectivity index (χ1) is 9.56. The van der Waals surface area contributed by atoms with Crippen molar-refractivity contribution in [1.82, 2.24) is 10.6 Å². The molecule has 2 N–H and O–H groups in total. The molecule has 0 aliphatic carbocycles. The number of amides is 1. The van der Waals surface area contributed by atoms with Crippen molar-refractivity contribution in [3.63, 3.8) is 0 Å². The maximum atomic E-state index is 12.0. The third kappa shape index (κ3) is 3.97. The van der Waals surface area contributed by atoms with E-state index in [1.165, 1.54) is 0 Å². The predicted molar refractivity (Wildman–Crippen MR) is 79.8 cm³/mol. The lowest BCUT2D eigenvalue weighted by Crippen LogP contribution is -2.41. The van der Waals surface area contributed by atoms with Crippen LogP contribution in [-0.4, -0.2) is 24.6 Å². The zero-order valence-electron chi connectivity index (χ0n) is 12.5. The molecule has 0 spiro atoms. The maximum Gasteiger partial charge on any atom is 0.237 e. The van der Waals surface area contributed by atoms with Crippen LogP contribution in [-0.2, 0) is 4.79 Å². The lowest BCUT2D eigenvalue weighted by molar-refractivity contribution is -0.123. The third-order valence-electron chi connectivity index (χ3n) is 3.49. The molecule has 1 aliphatic rings. The fourth-order valence-corrected chi connectivity index (χ4v) is 2.41. The van der Waals surface area contributed by atoms with Gasteiger partial charge in [-0.25, -0.2) is 0 Å². The van der Waals surface area contributed by atoms with Crippen LogP contribution < -0.4 is 15.4 Å².